The van der Waals surface area contributed by atoms with Gasteiger partial charge in [0, 0.05) is 12.2 Å². The van der Waals surface area contributed by atoms with E-state index in [1.54, 1.807) is 19.1 Å². The van der Waals surface area contributed by atoms with E-state index in [2.05, 4.69) is 0 Å². The molecular weight excluding hydrogens is 276 g/mol. The molecule has 0 aliphatic carbocycles. The van der Waals surface area contributed by atoms with Gasteiger partial charge in [0.1, 0.15) is 30.2 Å². The van der Waals surface area contributed by atoms with Crippen LogP contribution in [0.5, 0.6) is 5.75 Å². The highest BCUT2D eigenvalue weighted by Gasteiger charge is 2.43. The van der Waals surface area contributed by atoms with Crippen LogP contribution in [0.15, 0.2) is 18.2 Å². The lowest BCUT2D eigenvalue weighted by Crippen LogP contribution is -2.53. The fourth-order valence-corrected chi connectivity index (χ4v) is 2.60. The molecule has 1 aliphatic rings. The number of hydrogen-bond acceptors (Lipinski definition) is 6. The SMILES string of the molecule is COc1ccc(CCO)cc1[C@@H]1O[C@@H](C)[C@@H](O)[C@@H](O)[C@@H]1O. The van der Waals surface area contributed by atoms with Gasteiger partial charge in [0.25, 0.3) is 0 Å². The maximum absolute atomic E-state index is 10.2. The minimum atomic E-state index is -1.29. The van der Waals surface area contributed by atoms with E-state index in [1.165, 1.54) is 7.11 Å². The summed E-state index contributed by atoms with van der Waals surface area (Å²) in [6.45, 7) is 1.65. The second-order valence-electron chi connectivity index (χ2n) is 5.28. The van der Waals surface area contributed by atoms with E-state index in [9.17, 15) is 15.3 Å². The van der Waals surface area contributed by atoms with Crippen molar-refractivity contribution in [2.45, 2.75) is 43.9 Å². The van der Waals surface area contributed by atoms with Gasteiger partial charge in [-0.05, 0) is 31.0 Å². The molecule has 1 aromatic carbocycles. The molecule has 1 heterocycles. The highest BCUT2D eigenvalue weighted by Crippen LogP contribution is 2.37. The van der Waals surface area contributed by atoms with Gasteiger partial charge in [0.2, 0.25) is 0 Å². The fraction of sp³-hybridized carbons (Fsp3) is 0.600. The average molecular weight is 298 g/mol. The summed E-state index contributed by atoms with van der Waals surface area (Å²) < 4.78 is 10.9. The van der Waals surface area contributed by atoms with Crippen LogP contribution < -0.4 is 4.74 Å². The summed E-state index contributed by atoms with van der Waals surface area (Å²) in [5.41, 5.74) is 1.46. The normalized spacial score (nSPS) is 33.0. The van der Waals surface area contributed by atoms with Crippen LogP contribution in [0.4, 0.5) is 0 Å². The number of aliphatic hydroxyl groups is 4. The second kappa shape index (κ2) is 6.72. The summed E-state index contributed by atoms with van der Waals surface area (Å²) in [6.07, 6.45) is -4.62. The van der Waals surface area contributed by atoms with E-state index in [0.717, 1.165) is 5.56 Å². The molecule has 0 saturated carbocycles. The topological polar surface area (TPSA) is 99.4 Å². The molecule has 0 bridgehead atoms. The molecule has 0 amide bonds. The zero-order valence-corrected chi connectivity index (χ0v) is 12.1. The number of hydrogen-bond donors (Lipinski definition) is 4. The minimum Gasteiger partial charge on any atom is -0.496 e. The molecule has 4 N–H and O–H groups in total. The molecular formula is C15H22O6. The number of ether oxygens (including phenoxy) is 2. The molecule has 0 unspecified atom stereocenters. The number of aliphatic hydroxyl groups excluding tert-OH is 4. The van der Waals surface area contributed by atoms with Crippen molar-refractivity contribution in [3.8, 4) is 5.75 Å². The lowest BCUT2D eigenvalue weighted by molar-refractivity contribution is -0.219. The summed E-state index contributed by atoms with van der Waals surface area (Å²) in [5.74, 6) is 0.525. The van der Waals surface area contributed by atoms with Crippen LogP contribution in [0.3, 0.4) is 0 Å². The Morgan fingerprint density at radius 3 is 2.48 bits per heavy atom. The summed E-state index contributed by atoms with van der Waals surface area (Å²) in [6, 6.07) is 5.33. The smallest absolute Gasteiger partial charge is 0.124 e. The molecule has 1 aromatic rings. The molecule has 1 saturated heterocycles. The van der Waals surface area contributed by atoms with Gasteiger partial charge < -0.3 is 29.9 Å². The quantitative estimate of drug-likeness (QED) is 0.613. The van der Waals surface area contributed by atoms with Crippen LogP contribution in [-0.4, -0.2) is 58.6 Å². The van der Waals surface area contributed by atoms with Gasteiger partial charge in [-0.1, -0.05) is 6.07 Å². The standard InChI is InChI=1S/C15H22O6/c1-8-12(17)13(18)14(19)15(21-8)10-7-9(5-6-16)3-4-11(10)20-2/h3-4,7-8,12-19H,5-6H2,1-2H3/t8-,12+,13+,14-,15-/m0/s1. The third-order valence-corrected chi connectivity index (χ3v) is 3.85. The van der Waals surface area contributed by atoms with E-state index >= 15 is 0 Å². The van der Waals surface area contributed by atoms with Crippen molar-refractivity contribution in [1.29, 1.82) is 0 Å². The van der Waals surface area contributed by atoms with E-state index in [0.29, 0.717) is 17.7 Å². The van der Waals surface area contributed by atoms with E-state index in [1.807, 2.05) is 6.07 Å². The Hall–Kier alpha value is -1.18. The van der Waals surface area contributed by atoms with Crippen molar-refractivity contribution >= 4 is 0 Å². The maximum Gasteiger partial charge on any atom is 0.124 e. The molecule has 118 valence electrons. The van der Waals surface area contributed by atoms with Crippen LogP contribution in [0.25, 0.3) is 0 Å². The van der Waals surface area contributed by atoms with E-state index in [4.69, 9.17) is 14.6 Å². The van der Waals surface area contributed by atoms with Gasteiger partial charge in [0.15, 0.2) is 0 Å². The van der Waals surface area contributed by atoms with Crippen molar-refractivity contribution in [3.63, 3.8) is 0 Å². The van der Waals surface area contributed by atoms with Crippen molar-refractivity contribution < 1.29 is 29.9 Å². The van der Waals surface area contributed by atoms with Gasteiger partial charge in [-0.15, -0.1) is 0 Å². The fourth-order valence-electron chi connectivity index (χ4n) is 2.60. The van der Waals surface area contributed by atoms with Crippen molar-refractivity contribution in [2.24, 2.45) is 0 Å². The molecule has 2 rings (SSSR count). The van der Waals surface area contributed by atoms with Gasteiger partial charge >= 0.3 is 0 Å². The van der Waals surface area contributed by atoms with Crippen LogP contribution in [-0.2, 0) is 11.2 Å². The number of benzene rings is 1. The summed E-state index contributed by atoms with van der Waals surface area (Å²) in [7, 11) is 1.51. The summed E-state index contributed by atoms with van der Waals surface area (Å²) in [4.78, 5) is 0. The number of rotatable bonds is 4. The summed E-state index contributed by atoms with van der Waals surface area (Å²) in [5, 5.41) is 38.9. The molecule has 0 radical (unpaired) electrons. The zero-order valence-electron chi connectivity index (χ0n) is 12.1. The second-order valence-corrected chi connectivity index (χ2v) is 5.28. The first-order valence-corrected chi connectivity index (χ1v) is 6.97. The number of methoxy groups -OCH3 is 1. The van der Waals surface area contributed by atoms with Crippen LogP contribution >= 0.6 is 0 Å². The molecule has 0 aromatic heterocycles. The molecule has 21 heavy (non-hydrogen) atoms. The lowest BCUT2D eigenvalue weighted by atomic mass is 9.90. The lowest BCUT2D eigenvalue weighted by Gasteiger charge is -2.40. The largest absolute Gasteiger partial charge is 0.496 e. The predicted molar refractivity (Wildman–Crippen MR) is 75.1 cm³/mol. The summed E-state index contributed by atoms with van der Waals surface area (Å²) >= 11 is 0. The first kappa shape index (κ1) is 16.2. The van der Waals surface area contributed by atoms with Gasteiger partial charge in [-0.2, -0.15) is 0 Å². The molecule has 1 aliphatic heterocycles. The Bertz CT molecular complexity index is 477. The molecule has 6 heteroatoms. The first-order valence-electron chi connectivity index (χ1n) is 6.97. The van der Waals surface area contributed by atoms with Crippen LogP contribution in [0, 0.1) is 0 Å². The monoisotopic (exact) mass is 298 g/mol. The van der Waals surface area contributed by atoms with E-state index in [-0.39, 0.29) is 6.61 Å². The first-order chi connectivity index (χ1) is 9.99. The van der Waals surface area contributed by atoms with Crippen molar-refractivity contribution in [3.05, 3.63) is 29.3 Å². The highest BCUT2D eigenvalue weighted by molar-refractivity contribution is 5.40. The Kier molecular flexibility index (Phi) is 5.18. The molecule has 6 nitrogen and oxygen atoms in total. The van der Waals surface area contributed by atoms with Crippen molar-refractivity contribution in [1.82, 2.24) is 0 Å². The molecule has 1 fully saturated rings. The third-order valence-electron chi connectivity index (χ3n) is 3.85. The van der Waals surface area contributed by atoms with Gasteiger partial charge in [-0.3, -0.25) is 0 Å². The Balaban J connectivity index is 2.36. The Morgan fingerprint density at radius 1 is 1.14 bits per heavy atom. The zero-order chi connectivity index (χ0) is 15.6. The average Bonchev–Trinajstić information content (AvgIpc) is 2.49. The molecule has 0 spiro atoms. The Morgan fingerprint density at radius 2 is 1.86 bits per heavy atom. The predicted octanol–water partition coefficient (Wildman–Crippen LogP) is -0.227. The van der Waals surface area contributed by atoms with Gasteiger partial charge in [0.05, 0.1) is 13.2 Å². The van der Waals surface area contributed by atoms with Gasteiger partial charge in [-0.25, -0.2) is 0 Å². The highest BCUT2D eigenvalue weighted by atomic mass is 16.5. The van der Waals surface area contributed by atoms with Crippen molar-refractivity contribution in [2.75, 3.05) is 13.7 Å². The van der Waals surface area contributed by atoms with Crippen LogP contribution in [0.2, 0.25) is 0 Å². The van der Waals surface area contributed by atoms with E-state index < -0.39 is 30.5 Å². The third kappa shape index (κ3) is 3.20. The molecule has 5 atom stereocenters. The maximum atomic E-state index is 10.2. The Labute approximate surface area is 123 Å². The minimum absolute atomic E-state index is 0.0115. The van der Waals surface area contributed by atoms with Crippen LogP contribution in [0.1, 0.15) is 24.2 Å².